The van der Waals surface area contributed by atoms with Gasteiger partial charge < -0.3 is 10.0 Å². The van der Waals surface area contributed by atoms with Crippen LogP contribution in [0.2, 0.25) is 0 Å². The first kappa shape index (κ1) is 22.4. The summed E-state index contributed by atoms with van der Waals surface area (Å²) in [5.74, 6) is -1.52. The van der Waals surface area contributed by atoms with Crippen LogP contribution in [0.5, 0.6) is 0 Å². The van der Waals surface area contributed by atoms with Crippen molar-refractivity contribution in [3.63, 3.8) is 0 Å². The first-order valence-electron chi connectivity index (χ1n) is 9.41. The third kappa shape index (κ3) is 4.59. The standard InChI is InChI=1S/C21H19N3O5S2/c1-3-22(4-2)17-9-8-16(24(28)29)11-14(17)12-18-19(25)23(21(30)31-18)15-7-5-6-13(10-15)20(26)27/h5-12H,3-4H2,1-2H3,(H,26,27)/b18-12+. The van der Waals surface area contributed by atoms with Crippen LogP contribution in [0.1, 0.15) is 29.8 Å². The number of nitrogens with zero attached hydrogens (tertiary/aromatic N) is 3. The second-order valence-corrected chi connectivity index (χ2v) is 8.22. The van der Waals surface area contributed by atoms with Crippen LogP contribution in [-0.4, -0.2) is 39.3 Å². The molecule has 0 radical (unpaired) electrons. The molecule has 0 unspecified atom stereocenters. The molecule has 1 fully saturated rings. The van der Waals surface area contributed by atoms with Crippen molar-refractivity contribution in [2.75, 3.05) is 22.9 Å². The van der Waals surface area contributed by atoms with Crippen molar-refractivity contribution in [1.29, 1.82) is 0 Å². The summed E-state index contributed by atoms with van der Waals surface area (Å²) < 4.78 is 0.258. The van der Waals surface area contributed by atoms with Gasteiger partial charge in [-0.25, -0.2) is 4.79 Å². The number of nitro groups is 1. The number of nitro benzene ring substituents is 1. The minimum atomic E-state index is -1.11. The predicted molar refractivity (Wildman–Crippen MR) is 126 cm³/mol. The molecule has 0 aromatic heterocycles. The second-order valence-electron chi connectivity index (χ2n) is 6.55. The zero-order chi connectivity index (χ0) is 22.7. The van der Waals surface area contributed by atoms with Gasteiger partial charge in [0, 0.05) is 36.5 Å². The van der Waals surface area contributed by atoms with Gasteiger partial charge in [0.05, 0.1) is 21.1 Å². The molecule has 1 heterocycles. The van der Waals surface area contributed by atoms with Gasteiger partial charge in [0.1, 0.15) is 0 Å². The molecule has 0 saturated carbocycles. The Morgan fingerprint density at radius 2 is 1.97 bits per heavy atom. The summed E-state index contributed by atoms with van der Waals surface area (Å²) in [6, 6.07) is 10.5. The first-order valence-corrected chi connectivity index (χ1v) is 10.6. The molecular weight excluding hydrogens is 438 g/mol. The van der Waals surface area contributed by atoms with Crippen LogP contribution in [0.15, 0.2) is 47.4 Å². The number of rotatable bonds is 7. The van der Waals surface area contributed by atoms with E-state index in [1.807, 2.05) is 18.7 Å². The minimum absolute atomic E-state index is 0.0398. The van der Waals surface area contributed by atoms with Crippen molar-refractivity contribution in [3.05, 3.63) is 68.6 Å². The van der Waals surface area contributed by atoms with Gasteiger partial charge in [0.15, 0.2) is 4.32 Å². The highest BCUT2D eigenvalue weighted by Gasteiger charge is 2.34. The molecule has 1 aliphatic heterocycles. The van der Waals surface area contributed by atoms with Crippen LogP contribution in [0.25, 0.3) is 6.08 Å². The normalized spacial score (nSPS) is 14.9. The Kier molecular flexibility index (Phi) is 6.71. The number of anilines is 2. The van der Waals surface area contributed by atoms with Gasteiger partial charge >= 0.3 is 5.97 Å². The smallest absolute Gasteiger partial charge is 0.335 e. The summed E-state index contributed by atoms with van der Waals surface area (Å²) in [6.45, 7) is 5.34. The van der Waals surface area contributed by atoms with Crippen LogP contribution >= 0.6 is 24.0 Å². The number of hydrogen-bond acceptors (Lipinski definition) is 7. The maximum atomic E-state index is 13.1. The topological polar surface area (TPSA) is 104 Å². The molecule has 31 heavy (non-hydrogen) atoms. The fraction of sp³-hybridized carbons (Fsp3) is 0.190. The highest BCUT2D eigenvalue weighted by atomic mass is 32.2. The summed E-state index contributed by atoms with van der Waals surface area (Å²) in [5.41, 5.74) is 1.63. The molecule has 10 heteroatoms. The van der Waals surface area contributed by atoms with Gasteiger partial charge in [0.2, 0.25) is 0 Å². The number of aromatic carboxylic acids is 1. The maximum absolute atomic E-state index is 13.1. The molecular formula is C21H19N3O5S2. The van der Waals surface area contributed by atoms with E-state index in [4.69, 9.17) is 12.2 Å². The third-order valence-corrected chi connectivity index (χ3v) is 6.06. The highest BCUT2D eigenvalue weighted by Crippen LogP contribution is 2.38. The Morgan fingerprint density at radius 3 is 2.58 bits per heavy atom. The Morgan fingerprint density at radius 1 is 1.26 bits per heavy atom. The number of non-ortho nitro benzene ring substituents is 1. The zero-order valence-corrected chi connectivity index (χ0v) is 18.4. The van der Waals surface area contributed by atoms with Gasteiger partial charge in [-0.1, -0.05) is 30.0 Å². The predicted octanol–water partition coefficient (Wildman–Crippen LogP) is 4.55. The summed E-state index contributed by atoms with van der Waals surface area (Å²) in [6.07, 6.45) is 1.60. The molecule has 2 aromatic carbocycles. The average Bonchev–Trinajstić information content (AvgIpc) is 3.02. The number of carbonyl (C=O) groups excluding carboxylic acids is 1. The number of carboxylic acid groups (broad SMARTS) is 1. The summed E-state index contributed by atoms with van der Waals surface area (Å²) in [4.78, 5) is 38.8. The lowest BCUT2D eigenvalue weighted by atomic mass is 10.1. The Labute approximate surface area is 188 Å². The third-order valence-electron chi connectivity index (χ3n) is 4.76. The number of carbonyl (C=O) groups is 2. The molecule has 1 aliphatic rings. The largest absolute Gasteiger partial charge is 0.478 e. The van der Waals surface area contributed by atoms with Crippen LogP contribution in [0.3, 0.4) is 0 Å². The lowest BCUT2D eigenvalue weighted by Gasteiger charge is -2.23. The Hall–Kier alpha value is -3.24. The minimum Gasteiger partial charge on any atom is -0.478 e. The van der Waals surface area contributed by atoms with Crippen LogP contribution < -0.4 is 9.80 Å². The fourth-order valence-electron chi connectivity index (χ4n) is 3.23. The first-order chi connectivity index (χ1) is 14.8. The average molecular weight is 458 g/mol. The Bertz CT molecular complexity index is 1110. The fourth-order valence-corrected chi connectivity index (χ4v) is 4.52. The van der Waals surface area contributed by atoms with E-state index in [1.54, 1.807) is 24.3 Å². The van der Waals surface area contributed by atoms with Crippen LogP contribution in [0.4, 0.5) is 17.1 Å². The lowest BCUT2D eigenvalue weighted by Crippen LogP contribution is -2.27. The molecule has 0 bridgehead atoms. The number of hydrogen-bond donors (Lipinski definition) is 1. The van der Waals surface area contributed by atoms with E-state index in [9.17, 15) is 24.8 Å². The number of amides is 1. The maximum Gasteiger partial charge on any atom is 0.335 e. The van der Waals surface area contributed by atoms with Crippen molar-refractivity contribution in [2.45, 2.75) is 13.8 Å². The molecule has 1 N–H and O–H groups in total. The van der Waals surface area contributed by atoms with Crippen molar-refractivity contribution < 1.29 is 19.6 Å². The number of thioether (sulfide) groups is 1. The van der Waals surface area contributed by atoms with E-state index >= 15 is 0 Å². The number of thiocarbonyl (C=S) groups is 1. The van der Waals surface area contributed by atoms with E-state index in [-0.39, 0.29) is 15.6 Å². The van der Waals surface area contributed by atoms with Crippen LogP contribution in [-0.2, 0) is 4.79 Å². The molecule has 0 spiro atoms. The molecule has 0 atom stereocenters. The van der Waals surface area contributed by atoms with Crippen molar-refractivity contribution in [3.8, 4) is 0 Å². The molecule has 1 amide bonds. The molecule has 160 valence electrons. The van der Waals surface area contributed by atoms with Crippen LogP contribution in [0, 0.1) is 10.1 Å². The summed E-state index contributed by atoms with van der Waals surface area (Å²) in [7, 11) is 0. The quantitative estimate of drug-likeness (QED) is 0.280. The molecule has 8 nitrogen and oxygen atoms in total. The van der Waals surface area contributed by atoms with Crippen molar-refractivity contribution in [1.82, 2.24) is 0 Å². The van der Waals surface area contributed by atoms with E-state index in [1.165, 1.54) is 29.2 Å². The lowest BCUT2D eigenvalue weighted by molar-refractivity contribution is -0.384. The van der Waals surface area contributed by atoms with E-state index in [0.29, 0.717) is 29.2 Å². The summed E-state index contributed by atoms with van der Waals surface area (Å²) >= 11 is 6.43. The molecule has 1 saturated heterocycles. The second kappa shape index (κ2) is 9.27. The Balaban J connectivity index is 2.05. The van der Waals surface area contributed by atoms with Crippen molar-refractivity contribution >= 4 is 63.3 Å². The van der Waals surface area contributed by atoms with Gasteiger partial charge in [-0.05, 0) is 44.2 Å². The van der Waals surface area contributed by atoms with E-state index in [2.05, 4.69) is 0 Å². The number of benzene rings is 2. The molecule has 3 rings (SSSR count). The monoisotopic (exact) mass is 457 g/mol. The highest BCUT2D eigenvalue weighted by molar-refractivity contribution is 8.27. The van der Waals surface area contributed by atoms with Gasteiger partial charge in [-0.2, -0.15) is 0 Å². The van der Waals surface area contributed by atoms with E-state index in [0.717, 1.165) is 17.4 Å². The van der Waals surface area contributed by atoms with Crippen molar-refractivity contribution in [2.24, 2.45) is 0 Å². The molecule has 2 aromatic rings. The SMILES string of the molecule is CCN(CC)c1ccc([N+](=O)[O-])cc1/C=C1/SC(=S)N(c2cccc(C(=O)O)c2)C1=O. The zero-order valence-electron chi connectivity index (χ0n) is 16.8. The van der Waals surface area contributed by atoms with E-state index < -0.39 is 16.8 Å². The number of carboxylic acids is 1. The van der Waals surface area contributed by atoms with Gasteiger partial charge in [0.25, 0.3) is 11.6 Å². The van der Waals surface area contributed by atoms with Gasteiger partial charge in [-0.3, -0.25) is 19.8 Å². The van der Waals surface area contributed by atoms with Gasteiger partial charge in [-0.15, -0.1) is 0 Å². The summed E-state index contributed by atoms with van der Waals surface area (Å²) in [5, 5.41) is 20.5. The molecule has 0 aliphatic carbocycles.